The van der Waals surface area contributed by atoms with Gasteiger partial charge in [0.2, 0.25) is 0 Å². The Balaban J connectivity index is 1.72. The van der Waals surface area contributed by atoms with E-state index in [0.29, 0.717) is 58.7 Å². The summed E-state index contributed by atoms with van der Waals surface area (Å²) in [7, 11) is 1.56. The third-order valence-electron chi connectivity index (χ3n) is 6.47. The van der Waals surface area contributed by atoms with Crippen molar-refractivity contribution in [1.29, 1.82) is 0 Å². The summed E-state index contributed by atoms with van der Waals surface area (Å²) in [5.74, 6) is -0.963. The van der Waals surface area contributed by atoms with Gasteiger partial charge in [-0.2, -0.15) is 0 Å². The molecule has 0 aromatic heterocycles. The Labute approximate surface area is 214 Å². The summed E-state index contributed by atoms with van der Waals surface area (Å²) in [4.78, 5) is 30.2. The van der Waals surface area contributed by atoms with Crippen LogP contribution in [0.4, 0.5) is 0 Å². The standard InChI is InChI=1S/C26H28Cl2N2O5/c1-16-14-18(34-2)5-6-19(16)24(31)22-23(17-4-7-20(27)21(28)15-17)30(26(33)25(22)32)9-3-8-29-10-12-35-13-11-29/h4-7,14-15,23,31H,3,8-13H2,1-2H3/t23-/m0/s1. The van der Waals surface area contributed by atoms with E-state index in [4.69, 9.17) is 32.7 Å². The number of methoxy groups -OCH3 is 1. The zero-order valence-electron chi connectivity index (χ0n) is 19.7. The number of aliphatic hydroxyl groups is 1. The summed E-state index contributed by atoms with van der Waals surface area (Å²) in [5, 5.41) is 12.0. The number of rotatable bonds is 7. The first kappa shape index (κ1) is 25.5. The molecule has 2 fully saturated rings. The number of carbonyl (C=O) groups is 2. The Kier molecular flexibility index (Phi) is 8.02. The molecule has 1 N–H and O–H groups in total. The number of nitrogens with zero attached hydrogens (tertiary/aromatic N) is 2. The number of benzene rings is 2. The number of likely N-dealkylation sites (tertiary alicyclic amines) is 1. The molecule has 7 nitrogen and oxygen atoms in total. The van der Waals surface area contributed by atoms with Crippen LogP contribution in [0.15, 0.2) is 42.0 Å². The van der Waals surface area contributed by atoms with Crippen molar-refractivity contribution in [2.45, 2.75) is 19.4 Å². The van der Waals surface area contributed by atoms with Gasteiger partial charge in [-0.15, -0.1) is 0 Å². The van der Waals surface area contributed by atoms with Gasteiger partial charge in [-0.3, -0.25) is 14.5 Å². The summed E-state index contributed by atoms with van der Waals surface area (Å²) >= 11 is 12.4. The third kappa shape index (κ3) is 5.33. The number of morpholine rings is 1. The second kappa shape index (κ2) is 11.0. The molecule has 0 spiro atoms. The summed E-state index contributed by atoms with van der Waals surface area (Å²) in [6.45, 7) is 6.00. The highest BCUT2D eigenvalue weighted by atomic mass is 35.5. The van der Waals surface area contributed by atoms with Gasteiger partial charge >= 0.3 is 0 Å². The molecule has 2 aromatic carbocycles. The number of Topliss-reactive ketones (excluding diaryl/α,β-unsaturated/α-hetero) is 1. The van der Waals surface area contributed by atoms with Crippen LogP contribution in [-0.4, -0.2) is 73.1 Å². The second-order valence-corrected chi connectivity index (χ2v) is 9.47. The molecule has 1 amide bonds. The Hall–Kier alpha value is -2.58. The molecule has 2 aromatic rings. The van der Waals surface area contributed by atoms with E-state index in [2.05, 4.69) is 4.90 Å². The van der Waals surface area contributed by atoms with E-state index in [-0.39, 0.29) is 11.3 Å². The molecular formula is C26H28Cl2N2O5. The maximum Gasteiger partial charge on any atom is 0.295 e. The van der Waals surface area contributed by atoms with Crippen LogP contribution in [-0.2, 0) is 14.3 Å². The largest absolute Gasteiger partial charge is 0.507 e. The van der Waals surface area contributed by atoms with Gasteiger partial charge in [0.1, 0.15) is 11.5 Å². The predicted octanol–water partition coefficient (Wildman–Crippen LogP) is 4.45. The highest BCUT2D eigenvalue weighted by Crippen LogP contribution is 2.41. The number of ketones is 1. The highest BCUT2D eigenvalue weighted by molar-refractivity contribution is 6.47. The van der Waals surface area contributed by atoms with Crippen molar-refractivity contribution in [2.24, 2.45) is 0 Å². The number of ether oxygens (including phenoxy) is 2. The zero-order chi connectivity index (χ0) is 25.1. The lowest BCUT2D eigenvalue weighted by Gasteiger charge is -2.29. The molecule has 0 aliphatic carbocycles. The summed E-state index contributed by atoms with van der Waals surface area (Å²) in [6, 6.07) is 9.37. The molecule has 186 valence electrons. The van der Waals surface area contributed by atoms with Crippen molar-refractivity contribution in [3.05, 3.63) is 68.7 Å². The SMILES string of the molecule is COc1ccc(C(O)=C2C(=O)C(=O)N(CCCN3CCOCC3)[C@H]2c2ccc(Cl)c(Cl)c2)c(C)c1. The topological polar surface area (TPSA) is 79.3 Å². The average molecular weight is 519 g/mol. The maximum atomic E-state index is 13.2. The van der Waals surface area contributed by atoms with Crippen LogP contribution in [0.2, 0.25) is 10.0 Å². The quantitative estimate of drug-likeness (QED) is 0.331. The lowest BCUT2D eigenvalue weighted by molar-refractivity contribution is -0.140. The fraction of sp³-hybridized carbons (Fsp3) is 0.385. The molecular weight excluding hydrogens is 491 g/mol. The zero-order valence-corrected chi connectivity index (χ0v) is 21.2. The number of carbonyl (C=O) groups excluding carboxylic acids is 2. The van der Waals surface area contributed by atoms with E-state index in [1.165, 1.54) is 4.90 Å². The van der Waals surface area contributed by atoms with Crippen LogP contribution >= 0.6 is 23.2 Å². The number of halogens is 2. The summed E-state index contributed by atoms with van der Waals surface area (Å²) in [5.41, 5.74) is 1.82. The average Bonchev–Trinajstić information content (AvgIpc) is 3.11. The minimum atomic E-state index is -0.782. The van der Waals surface area contributed by atoms with E-state index in [9.17, 15) is 14.7 Å². The Morgan fingerprint density at radius 1 is 1.09 bits per heavy atom. The van der Waals surface area contributed by atoms with Crippen molar-refractivity contribution in [3.8, 4) is 5.75 Å². The fourth-order valence-electron chi connectivity index (χ4n) is 4.60. The molecule has 0 bridgehead atoms. The molecule has 0 saturated carbocycles. The Bertz CT molecular complexity index is 1160. The summed E-state index contributed by atoms with van der Waals surface area (Å²) in [6.07, 6.45) is 0.673. The first-order valence-electron chi connectivity index (χ1n) is 11.5. The molecule has 0 radical (unpaired) electrons. The van der Waals surface area contributed by atoms with Crippen LogP contribution in [0.5, 0.6) is 5.75 Å². The van der Waals surface area contributed by atoms with E-state index >= 15 is 0 Å². The number of aliphatic hydroxyl groups excluding tert-OH is 1. The van der Waals surface area contributed by atoms with Crippen LogP contribution in [0.1, 0.15) is 29.2 Å². The Morgan fingerprint density at radius 3 is 2.49 bits per heavy atom. The van der Waals surface area contributed by atoms with E-state index in [1.54, 1.807) is 43.5 Å². The van der Waals surface area contributed by atoms with Crippen LogP contribution < -0.4 is 4.74 Å². The van der Waals surface area contributed by atoms with Gasteiger partial charge in [-0.1, -0.05) is 29.3 Å². The van der Waals surface area contributed by atoms with Gasteiger partial charge in [0.25, 0.3) is 11.7 Å². The lowest BCUT2D eigenvalue weighted by atomic mass is 9.94. The van der Waals surface area contributed by atoms with Crippen molar-refractivity contribution in [1.82, 2.24) is 9.80 Å². The van der Waals surface area contributed by atoms with Gasteiger partial charge < -0.3 is 19.5 Å². The lowest BCUT2D eigenvalue weighted by Crippen LogP contribution is -2.38. The molecule has 2 saturated heterocycles. The van der Waals surface area contributed by atoms with Crippen molar-refractivity contribution in [2.75, 3.05) is 46.5 Å². The molecule has 2 aliphatic heterocycles. The maximum absolute atomic E-state index is 13.2. The van der Waals surface area contributed by atoms with Gasteiger partial charge in [0, 0.05) is 31.7 Å². The minimum Gasteiger partial charge on any atom is -0.507 e. The predicted molar refractivity (Wildman–Crippen MR) is 135 cm³/mol. The first-order chi connectivity index (χ1) is 16.8. The number of aryl methyl sites for hydroxylation is 1. The van der Waals surface area contributed by atoms with E-state index < -0.39 is 17.7 Å². The van der Waals surface area contributed by atoms with Gasteiger partial charge in [-0.25, -0.2) is 0 Å². The van der Waals surface area contributed by atoms with Crippen LogP contribution in [0, 0.1) is 6.92 Å². The van der Waals surface area contributed by atoms with Crippen LogP contribution in [0.3, 0.4) is 0 Å². The second-order valence-electron chi connectivity index (χ2n) is 8.65. The van der Waals surface area contributed by atoms with Crippen molar-refractivity contribution < 1.29 is 24.2 Å². The molecule has 1 atom stereocenters. The number of amides is 1. The fourth-order valence-corrected chi connectivity index (χ4v) is 4.91. The molecule has 4 rings (SSSR count). The van der Waals surface area contributed by atoms with Gasteiger partial charge in [0.05, 0.1) is 42.0 Å². The van der Waals surface area contributed by atoms with E-state index in [0.717, 1.165) is 19.6 Å². The van der Waals surface area contributed by atoms with Crippen molar-refractivity contribution in [3.63, 3.8) is 0 Å². The Morgan fingerprint density at radius 2 is 1.83 bits per heavy atom. The number of hydrogen-bond donors (Lipinski definition) is 1. The number of hydrogen-bond acceptors (Lipinski definition) is 6. The van der Waals surface area contributed by atoms with Crippen LogP contribution in [0.25, 0.3) is 5.76 Å². The van der Waals surface area contributed by atoms with Gasteiger partial charge in [-0.05, 0) is 54.8 Å². The normalized spacial score (nSPS) is 20.5. The summed E-state index contributed by atoms with van der Waals surface area (Å²) < 4.78 is 10.7. The molecule has 2 aliphatic rings. The smallest absolute Gasteiger partial charge is 0.295 e. The third-order valence-corrected chi connectivity index (χ3v) is 7.20. The molecule has 9 heteroatoms. The monoisotopic (exact) mass is 518 g/mol. The minimum absolute atomic E-state index is 0.0352. The van der Waals surface area contributed by atoms with Crippen molar-refractivity contribution >= 4 is 40.7 Å². The molecule has 0 unspecified atom stereocenters. The van der Waals surface area contributed by atoms with Gasteiger partial charge in [0.15, 0.2) is 0 Å². The highest BCUT2D eigenvalue weighted by Gasteiger charge is 2.46. The molecule has 2 heterocycles. The van der Waals surface area contributed by atoms with E-state index in [1.807, 2.05) is 6.92 Å². The first-order valence-corrected chi connectivity index (χ1v) is 12.3. The molecule has 35 heavy (non-hydrogen) atoms.